The molecule has 0 unspecified atom stereocenters. The summed E-state index contributed by atoms with van der Waals surface area (Å²) < 4.78 is 13.3. The molecule has 6 rings (SSSR count). The van der Waals surface area contributed by atoms with Crippen LogP contribution in [-0.4, -0.2) is 57.8 Å². The smallest absolute Gasteiger partial charge is 0.253 e. The van der Waals surface area contributed by atoms with Crippen LogP contribution in [0, 0.1) is 5.92 Å². The highest BCUT2D eigenvalue weighted by Gasteiger charge is 2.40. The molecule has 3 aromatic carbocycles. The van der Waals surface area contributed by atoms with Gasteiger partial charge in [-0.2, -0.15) is 0 Å². The summed E-state index contributed by atoms with van der Waals surface area (Å²) in [5.74, 6) is -0.0874. The average molecular weight is 594 g/mol. The van der Waals surface area contributed by atoms with Gasteiger partial charge in [0.25, 0.3) is 5.91 Å². The Bertz CT molecular complexity index is 1550. The molecule has 0 spiro atoms. The Kier molecular flexibility index (Phi) is 9.45. The summed E-state index contributed by atoms with van der Waals surface area (Å²) in [7, 11) is 0. The molecule has 3 N–H and O–H groups in total. The molecular weight excluding hydrogens is 554 g/mol. The molecule has 5 atom stereocenters. The fourth-order valence-electron chi connectivity index (χ4n) is 6.07. The van der Waals surface area contributed by atoms with E-state index in [-0.39, 0.29) is 36.7 Å². The standard InChI is InChI=1S/C36H39N3O5/c1-24-33(22-39-16-14-32(41)21-39)43-36(44-34(24)27-12-10-25(23-40)11-13-27)30-8-3-7-29(18-30)28-6-2-5-26(17-28)19-38-35(42)31-9-4-15-37-20-31/h2-13,15,17-18,20,24,32-34,36,40-41H,14,16,19,21-23H2,1H3,(H,38,42)/t24-,32-,33+,34+,36+/m0/s1. The van der Waals surface area contributed by atoms with E-state index in [1.165, 1.54) is 0 Å². The Morgan fingerprint density at radius 2 is 1.75 bits per heavy atom. The van der Waals surface area contributed by atoms with Crippen LogP contribution in [0.3, 0.4) is 0 Å². The van der Waals surface area contributed by atoms with Gasteiger partial charge in [0.2, 0.25) is 0 Å². The topological polar surface area (TPSA) is 104 Å². The third kappa shape index (κ3) is 7.07. The first-order valence-corrected chi connectivity index (χ1v) is 15.3. The van der Waals surface area contributed by atoms with Gasteiger partial charge in [0.05, 0.1) is 30.5 Å². The van der Waals surface area contributed by atoms with Gasteiger partial charge >= 0.3 is 0 Å². The van der Waals surface area contributed by atoms with Crippen LogP contribution in [0.4, 0.5) is 0 Å². The molecular formula is C36H39N3O5. The molecule has 0 aliphatic carbocycles. The molecule has 2 aliphatic rings. The first kappa shape index (κ1) is 30.1. The fraction of sp³-hybridized carbons (Fsp3) is 0.333. The summed E-state index contributed by atoms with van der Waals surface area (Å²) in [5.41, 5.74) is 6.40. The van der Waals surface area contributed by atoms with Crippen molar-refractivity contribution in [2.24, 2.45) is 5.92 Å². The predicted molar refractivity (Wildman–Crippen MR) is 167 cm³/mol. The molecule has 0 saturated carbocycles. The van der Waals surface area contributed by atoms with E-state index in [9.17, 15) is 15.0 Å². The van der Waals surface area contributed by atoms with E-state index in [1.807, 2.05) is 48.5 Å². The number of β-amino-alcohol motifs (C(OH)–C–C–N with tert-alkyl or cyclic N) is 1. The quantitative estimate of drug-likeness (QED) is 0.250. The molecule has 3 heterocycles. The highest BCUT2D eigenvalue weighted by Crippen LogP contribution is 2.42. The third-order valence-corrected chi connectivity index (χ3v) is 8.60. The number of hydrogen-bond acceptors (Lipinski definition) is 7. The summed E-state index contributed by atoms with van der Waals surface area (Å²) in [6.45, 7) is 4.78. The first-order valence-electron chi connectivity index (χ1n) is 15.3. The molecule has 44 heavy (non-hydrogen) atoms. The highest BCUT2D eigenvalue weighted by molar-refractivity contribution is 5.93. The number of aromatic nitrogens is 1. The lowest BCUT2D eigenvalue weighted by Gasteiger charge is -2.42. The molecule has 2 aliphatic heterocycles. The van der Waals surface area contributed by atoms with Crippen LogP contribution in [0.5, 0.6) is 0 Å². The largest absolute Gasteiger partial charge is 0.392 e. The number of amides is 1. The molecule has 1 amide bonds. The van der Waals surface area contributed by atoms with Crippen LogP contribution < -0.4 is 5.32 Å². The zero-order chi connectivity index (χ0) is 30.5. The zero-order valence-corrected chi connectivity index (χ0v) is 24.9. The second-order valence-corrected chi connectivity index (χ2v) is 11.8. The SMILES string of the molecule is C[C@H]1[C@@H](CN2CC[C@H](O)C2)O[C@@H](c2cccc(-c3cccc(CNC(=O)c4cccnc4)c3)c2)O[C@H]1c1ccc(CO)cc1. The Morgan fingerprint density at radius 1 is 0.955 bits per heavy atom. The van der Waals surface area contributed by atoms with Gasteiger partial charge in [-0.1, -0.05) is 67.6 Å². The van der Waals surface area contributed by atoms with E-state index in [2.05, 4.69) is 46.4 Å². The normalized spacial score (nSPS) is 23.8. The van der Waals surface area contributed by atoms with Gasteiger partial charge in [-0.3, -0.25) is 14.7 Å². The van der Waals surface area contributed by atoms with Gasteiger partial charge < -0.3 is 25.0 Å². The molecule has 8 heteroatoms. The van der Waals surface area contributed by atoms with Crippen molar-refractivity contribution in [3.8, 4) is 11.1 Å². The second-order valence-electron chi connectivity index (χ2n) is 11.8. The maximum atomic E-state index is 12.5. The second kappa shape index (κ2) is 13.8. The van der Waals surface area contributed by atoms with Crippen LogP contribution in [0.2, 0.25) is 0 Å². The van der Waals surface area contributed by atoms with E-state index >= 15 is 0 Å². The number of nitrogens with zero attached hydrogens (tertiary/aromatic N) is 2. The van der Waals surface area contributed by atoms with Gasteiger partial charge in [0.15, 0.2) is 6.29 Å². The summed E-state index contributed by atoms with van der Waals surface area (Å²) >= 11 is 0. The van der Waals surface area contributed by atoms with Crippen molar-refractivity contribution in [3.63, 3.8) is 0 Å². The summed E-state index contributed by atoms with van der Waals surface area (Å²) in [6, 6.07) is 27.8. The number of hydrogen-bond donors (Lipinski definition) is 3. The number of aliphatic hydroxyl groups is 2. The van der Waals surface area contributed by atoms with Crippen LogP contribution in [-0.2, 0) is 22.6 Å². The Labute approximate surface area is 258 Å². The third-order valence-electron chi connectivity index (χ3n) is 8.60. The summed E-state index contributed by atoms with van der Waals surface area (Å²) in [5, 5.41) is 22.6. The number of benzene rings is 3. The minimum absolute atomic E-state index is 0.00211. The monoisotopic (exact) mass is 593 g/mol. The maximum Gasteiger partial charge on any atom is 0.253 e. The lowest BCUT2D eigenvalue weighted by molar-refractivity contribution is -0.276. The molecule has 228 valence electrons. The van der Waals surface area contributed by atoms with Crippen molar-refractivity contribution in [3.05, 3.63) is 125 Å². The van der Waals surface area contributed by atoms with Crippen LogP contribution in [0.25, 0.3) is 11.1 Å². The van der Waals surface area contributed by atoms with Gasteiger partial charge in [-0.25, -0.2) is 0 Å². The van der Waals surface area contributed by atoms with E-state index in [0.717, 1.165) is 52.9 Å². The van der Waals surface area contributed by atoms with Gasteiger partial charge in [-0.05, 0) is 58.5 Å². The van der Waals surface area contributed by atoms with Crippen molar-refractivity contribution >= 4 is 5.91 Å². The number of aliphatic hydroxyl groups excluding tert-OH is 2. The Hall–Kier alpha value is -3.92. The minimum Gasteiger partial charge on any atom is -0.392 e. The molecule has 2 saturated heterocycles. The van der Waals surface area contributed by atoms with Crippen molar-refractivity contribution in [1.82, 2.24) is 15.2 Å². The predicted octanol–water partition coefficient (Wildman–Crippen LogP) is 5.03. The van der Waals surface area contributed by atoms with Gasteiger partial charge in [-0.15, -0.1) is 0 Å². The molecule has 2 fully saturated rings. The molecule has 4 aromatic rings. The Balaban J connectivity index is 1.22. The molecule has 0 bridgehead atoms. The van der Waals surface area contributed by atoms with Crippen molar-refractivity contribution in [2.45, 2.75) is 51.1 Å². The number of likely N-dealkylation sites (tertiary alicyclic amines) is 1. The number of rotatable bonds is 9. The Morgan fingerprint density at radius 3 is 2.48 bits per heavy atom. The molecule has 8 nitrogen and oxygen atoms in total. The maximum absolute atomic E-state index is 12.5. The van der Waals surface area contributed by atoms with Crippen molar-refractivity contribution in [2.75, 3.05) is 19.6 Å². The number of carbonyl (C=O) groups excluding carboxylic acids is 1. The zero-order valence-electron chi connectivity index (χ0n) is 24.9. The van der Waals surface area contributed by atoms with Gasteiger partial charge in [0, 0.05) is 50.1 Å². The van der Waals surface area contributed by atoms with Crippen LogP contribution >= 0.6 is 0 Å². The minimum atomic E-state index is -0.576. The lowest BCUT2D eigenvalue weighted by Crippen LogP contribution is -2.44. The van der Waals surface area contributed by atoms with E-state index in [0.29, 0.717) is 18.7 Å². The fourth-order valence-corrected chi connectivity index (χ4v) is 6.07. The average Bonchev–Trinajstić information content (AvgIpc) is 3.49. The van der Waals surface area contributed by atoms with E-state index in [4.69, 9.17) is 9.47 Å². The number of pyridine rings is 1. The van der Waals surface area contributed by atoms with Crippen molar-refractivity contribution in [1.29, 1.82) is 0 Å². The van der Waals surface area contributed by atoms with Crippen LogP contribution in [0.15, 0.2) is 97.3 Å². The lowest BCUT2D eigenvalue weighted by atomic mass is 9.90. The molecule has 0 radical (unpaired) electrons. The summed E-state index contributed by atoms with van der Waals surface area (Å²) in [4.78, 5) is 18.8. The van der Waals surface area contributed by atoms with E-state index in [1.54, 1.807) is 24.5 Å². The number of carbonyl (C=O) groups is 1. The highest BCUT2D eigenvalue weighted by atomic mass is 16.7. The van der Waals surface area contributed by atoms with Gasteiger partial charge in [0.1, 0.15) is 0 Å². The number of ether oxygens (including phenoxy) is 2. The van der Waals surface area contributed by atoms with Crippen molar-refractivity contribution < 1.29 is 24.5 Å². The van der Waals surface area contributed by atoms with E-state index < -0.39 is 6.29 Å². The first-order chi connectivity index (χ1) is 21.5. The summed E-state index contributed by atoms with van der Waals surface area (Å²) in [6.07, 6.45) is 2.81. The number of nitrogens with one attached hydrogen (secondary N) is 1. The molecule has 1 aromatic heterocycles. The van der Waals surface area contributed by atoms with Crippen LogP contribution in [0.1, 0.15) is 58.4 Å².